The minimum atomic E-state index is -1.51. The van der Waals surface area contributed by atoms with Gasteiger partial charge in [-0.25, -0.2) is 9.78 Å². The van der Waals surface area contributed by atoms with E-state index in [9.17, 15) is 20.4 Å². The van der Waals surface area contributed by atoms with Crippen LogP contribution in [0.25, 0.3) is 0 Å². The molecule has 13 atom stereocenters. The first kappa shape index (κ1) is 22.4. The molecular weight excluding hydrogens is 412 g/mol. The summed E-state index contributed by atoms with van der Waals surface area (Å²) in [5.41, 5.74) is -0.734. The van der Waals surface area contributed by atoms with Gasteiger partial charge < -0.3 is 39.4 Å². The number of ether oxygens (including phenoxy) is 4. The number of aliphatic hydroxyl groups excluding tert-OH is 4. The molecule has 1 spiro atoms. The third kappa shape index (κ3) is 3.30. The van der Waals surface area contributed by atoms with Crippen LogP contribution in [0.5, 0.6) is 0 Å². The van der Waals surface area contributed by atoms with Crippen LogP contribution in [-0.2, 0) is 28.7 Å². The molecule has 5 heterocycles. The topological polar surface area (TPSA) is 136 Å². The Morgan fingerprint density at radius 1 is 0.903 bits per heavy atom. The second-order valence-electron chi connectivity index (χ2n) is 10.1. The minimum absolute atomic E-state index is 0.0324. The zero-order valence-electron chi connectivity index (χ0n) is 18.1. The Kier molecular flexibility index (Phi) is 5.66. The van der Waals surface area contributed by atoms with Gasteiger partial charge >= 0.3 is 0 Å². The maximum absolute atomic E-state index is 10.4. The van der Waals surface area contributed by atoms with Gasteiger partial charge in [-0.2, -0.15) is 0 Å². The molecule has 178 valence electrons. The van der Waals surface area contributed by atoms with E-state index in [0.29, 0.717) is 12.3 Å². The van der Waals surface area contributed by atoms with Crippen molar-refractivity contribution in [1.29, 1.82) is 0 Å². The van der Waals surface area contributed by atoms with E-state index < -0.39 is 61.3 Å². The van der Waals surface area contributed by atoms with Crippen LogP contribution in [0.2, 0.25) is 0 Å². The van der Waals surface area contributed by atoms with Crippen molar-refractivity contribution in [3.8, 4) is 0 Å². The lowest BCUT2D eigenvalue weighted by molar-refractivity contribution is -0.579. The van der Waals surface area contributed by atoms with Gasteiger partial charge in [0, 0.05) is 18.3 Å². The van der Waals surface area contributed by atoms with Gasteiger partial charge in [-0.3, -0.25) is 0 Å². The third-order valence-electron chi connectivity index (χ3n) is 8.21. The average molecular weight is 446 g/mol. The summed E-state index contributed by atoms with van der Waals surface area (Å²) in [7, 11) is 0. The summed E-state index contributed by atoms with van der Waals surface area (Å²) in [6, 6.07) is 0. The first-order valence-corrected chi connectivity index (χ1v) is 11.4. The lowest BCUT2D eigenvalue weighted by atomic mass is 9.58. The molecule has 5 saturated heterocycles. The predicted molar refractivity (Wildman–Crippen MR) is 102 cm³/mol. The molecule has 10 heteroatoms. The molecule has 0 aromatic heterocycles. The second kappa shape index (κ2) is 7.83. The fraction of sp³-hybridized carbons (Fsp3) is 1.00. The van der Waals surface area contributed by atoms with E-state index in [0.717, 1.165) is 19.3 Å². The average Bonchev–Trinajstić information content (AvgIpc) is 2.98. The molecule has 0 amide bonds. The van der Waals surface area contributed by atoms with Gasteiger partial charge in [0.1, 0.15) is 24.4 Å². The molecule has 2 bridgehead atoms. The highest BCUT2D eigenvalue weighted by Gasteiger charge is 2.69. The van der Waals surface area contributed by atoms with E-state index in [1.54, 1.807) is 0 Å². The highest BCUT2D eigenvalue weighted by molar-refractivity contribution is 5.09. The highest BCUT2D eigenvalue weighted by Crippen LogP contribution is 2.60. The summed E-state index contributed by atoms with van der Waals surface area (Å²) in [5.74, 6) is -0.370. The maximum atomic E-state index is 10.4. The number of hydrogen-bond acceptors (Lipinski definition) is 10. The second-order valence-corrected chi connectivity index (χ2v) is 10.1. The predicted octanol–water partition coefficient (Wildman–Crippen LogP) is 0.0109. The van der Waals surface area contributed by atoms with E-state index in [1.165, 1.54) is 0 Å². The molecule has 1 saturated carbocycles. The van der Waals surface area contributed by atoms with Crippen molar-refractivity contribution in [3.63, 3.8) is 0 Å². The fourth-order valence-corrected chi connectivity index (χ4v) is 6.34. The van der Waals surface area contributed by atoms with Gasteiger partial charge in [0.15, 0.2) is 24.5 Å². The highest BCUT2D eigenvalue weighted by atomic mass is 17.3. The molecule has 10 nitrogen and oxygen atoms in total. The molecule has 1 aliphatic carbocycles. The van der Waals surface area contributed by atoms with Gasteiger partial charge in [-0.05, 0) is 38.0 Å². The summed E-state index contributed by atoms with van der Waals surface area (Å²) >= 11 is 0. The Balaban J connectivity index is 1.41. The van der Waals surface area contributed by atoms with E-state index in [1.807, 2.05) is 13.8 Å². The third-order valence-corrected chi connectivity index (χ3v) is 8.21. The largest absolute Gasteiger partial charge is 0.394 e. The smallest absolute Gasteiger partial charge is 0.201 e. The summed E-state index contributed by atoms with van der Waals surface area (Å²) in [6.07, 6.45) is -4.74. The van der Waals surface area contributed by atoms with E-state index in [-0.39, 0.29) is 17.8 Å². The van der Waals surface area contributed by atoms with Crippen LogP contribution >= 0.6 is 0 Å². The Hall–Kier alpha value is -0.400. The molecule has 6 aliphatic rings. The normalized spacial score (nSPS) is 59.1. The van der Waals surface area contributed by atoms with Crippen molar-refractivity contribution in [3.05, 3.63) is 0 Å². The number of hydrogen-bond donors (Lipinski definition) is 4. The van der Waals surface area contributed by atoms with E-state index >= 15 is 0 Å². The number of fused-ring (bicyclic) bond motifs is 2. The Morgan fingerprint density at radius 2 is 1.68 bits per heavy atom. The fourth-order valence-electron chi connectivity index (χ4n) is 6.34. The lowest BCUT2D eigenvalue weighted by Crippen LogP contribution is -2.71. The number of rotatable bonds is 3. The summed E-state index contributed by atoms with van der Waals surface area (Å²) in [4.78, 5) is 11.9. The Labute approximate surface area is 181 Å². The Morgan fingerprint density at radius 3 is 2.42 bits per heavy atom. The van der Waals surface area contributed by atoms with Crippen molar-refractivity contribution in [2.75, 3.05) is 6.61 Å². The van der Waals surface area contributed by atoms with Gasteiger partial charge in [0.25, 0.3) is 0 Å². The van der Waals surface area contributed by atoms with Crippen molar-refractivity contribution < 1.29 is 49.1 Å². The van der Waals surface area contributed by atoms with Crippen molar-refractivity contribution >= 4 is 0 Å². The Bertz CT molecular complexity index is 677. The van der Waals surface area contributed by atoms with E-state index in [2.05, 4.69) is 6.92 Å². The van der Waals surface area contributed by atoms with Crippen molar-refractivity contribution in [2.24, 2.45) is 23.7 Å². The van der Waals surface area contributed by atoms with Crippen LogP contribution in [0, 0.1) is 23.7 Å². The molecule has 0 unspecified atom stereocenters. The maximum Gasteiger partial charge on any atom is 0.201 e. The number of aliphatic hydroxyl groups is 4. The van der Waals surface area contributed by atoms with Gasteiger partial charge in [-0.15, -0.1) is 0 Å². The first-order valence-electron chi connectivity index (χ1n) is 11.4. The molecule has 6 rings (SSSR count). The minimum Gasteiger partial charge on any atom is -0.394 e. The van der Waals surface area contributed by atoms with Crippen LogP contribution in [0.15, 0.2) is 0 Å². The molecule has 6 fully saturated rings. The van der Waals surface area contributed by atoms with Crippen LogP contribution in [0.3, 0.4) is 0 Å². The van der Waals surface area contributed by atoms with Crippen LogP contribution in [0.4, 0.5) is 0 Å². The summed E-state index contributed by atoms with van der Waals surface area (Å²) in [5, 5.41) is 40.0. The van der Waals surface area contributed by atoms with Gasteiger partial charge in [0.2, 0.25) is 5.79 Å². The SMILES string of the molecule is C[C@H]1[C@@H](O[C@@H]2O[C@H](CO)[C@@H](O)[C@H](O)[C@H]2O)O[C@@H]2O[C@]3(C)CC[C@H]4[C@H](C)CC[C@@H]1[C@@]24OO3. The van der Waals surface area contributed by atoms with E-state index in [4.69, 9.17) is 28.7 Å². The molecule has 4 N–H and O–H groups in total. The molecule has 0 aromatic rings. The molecule has 5 aliphatic heterocycles. The summed E-state index contributed by atoms with van der Waals surface area (Å²) in [6.45, 7) is 5.55. The standard InChI is InChI=1S/C21H34O10/c1-9-4-5-12-10(2)17(27-18-16(25)15(24)14(23)13(8-22)26-18)28-19-21(12)11(9)6-7-20(3,29-19)30-31-21/h9-19,22-25H,4-8H2,1-3H3/t9-,10-,11+,12+,13-,14-,15+,16-,17+,18+,19-,20+,21-/m1/s1. The molecule has 31 heavy (non-hydrogen) atoms. The first-order chi connectivity index (χ1) is 14.7. The van der Waals surface area contributed by atoms with Gasteiger partial charge in [-0.1, -0.05) is 13.8 Å². The van der Waals surface area contributed by atoms with Crippen LogP contribution in [0.1, 0.15) is 46.5 Å². The zero-order valence-corrected chi connectivity index (χ0v) is 18.1. The van der Waals surface area contributed by atoms with Crippen LogP contribution < -0.4 is 0 Å². The zero-order chi connectivity index (χ0) is 22.1. The lowest BCUT2D eigenvalue weighted by Gasteiger charge is -2.60. The van der Waals surface area contributed by atoms with Crippen LogP contribution in [-0.4, -0.2) is 81.7 Å². The quantitative estimate of drug-likeness (QED) is 0.439. The summed E-state index contributed by atoms with van der Waals surface area (Å²) < 4.78 is 24.1. The molecular formula is C21H34O10. The van der Waals surface area contributed by atoms with Crippen molar-refractivity contribution in [1.82, 2.24) is 0 Å². The van der Waals surface area contributed by atoms with Crippen molar-refractivity contribution in [2.45, 2.75) is 101 Å². The molecule has 0 aromatic carbocycles. The van der Waals surface area contributed by atoms with Gasteiger partial charge in [0.05, 0.1) is 6.61 Å². The monoisotopic (exact) mass is 446 g/mol. The molecule has 0 radical (unpaired) electrons.